The number of H-pyrrole nitrogens is 1. The maximum Gasteiger partial charge on any atom is 0.345 e. The molecule has 1 aliphatic rings. The van der Waals surface area contributed by atoms with Crippen molar-refractivity contribution in [2.45, 2.75) is 12.8 Å². The van der Waals surface area contributed by atoms with E-state index in [0.29, 0.717) is 22.9 Å². The lowest BCUT2D eigenvalue weighted by Crippen LogP contribution is -2.18. The molecule has 3 aromatic rings. The van der Waals surface area contributed by atoms with Gasteiger partial charge in [-0.25, -0.2) is 4.79 Å². The normalized spacial score (nSPS) is 12.1. The second-order valence-electron chi connectivity index (χ2n) is 6.32. The third-order valence-electron chi connectivity index (χ3n) is 4.90. The van der Waals surface area contributed by atoms with E-state index in [4.69, 9.17) is 14.2 Å². The maximum absolute atomic E-state index is 12.3. The van der Waals surface area contributed by atoms with Crippen LogP contribution >= 0.6 is 0 Å². The molecule has 0 saturated heterocycles. The van der Waals surface area contributed by atoms with Gasteiger partial charge in [0.25, 0.3) is 0 Å². The fourth-order valence-electron chi connectivity index (χ4n) is 3.67. The van der Waals surface area contributed by atoms with Gasteiger partial charge in [0, 0.05) is 16.7 Å². The first-order valence-corrected chi connectivity index (χ1v) is 8.68. The van der Waals surface area contributed by atoms with Gasteiger partial charge in [0.05, 0.1) is 32.7 Å². The van der Waals surface area contributed by atoms with Crippen LogP contribution in [0.3, 0.4) is 0 Å². The maximum atomic E-state index is 12.3. The molecule has 0 amide bonds. The van der Waals surface area contributed by atoms with E-state index in [1.54, 1.807) is 21.3 Å². The Morgan fingerprint density at radius 1 is 0.963 bits per heavy atom. The van der Waals surface area contributed by atoms with E-state index in [9.17, 15) is 4.79 Å². The van der Waals surface area contributed by atoms with Gasteiger partial charge in [-0.05, 0) is 30.5 Å². The first-order valence-electron chi connectivity index (χ1n) is 8.68. The summed E-state index contributed by atoms with van der Waals surface area (Å²) in [6.07, 6.45) is 1.69. The summed E-state index contributed by atoms with van der Waals surface area (Å²) in [5, 5.41) is 0. The van der Waals surface area contributed by atoms with Crippen molar-refractivity contribution >= 4 is 0 Å². The molecule has 138 valence electrons. The molecule has 4 rings (SSSR count). The summed E-state index contributed by atoms with van der Waals surface area (Å²) in [5.74, 6) is 1.56. The quantitative estimate of drug-likeness (QED) is 0.769. The van der Waals surface area contributed by atoms with Crippen molar-refractivity contribution in [1.29, 1.82) is 0 Å². The summed E-state index contributed by atoms with van der Waals surface area (Å²) in [6.45, 7) is 0. The molecule has 0 radical (unpaired) electrons. The lowest BCUT2D eigenvalue weighted by atomic mass is 9.87. The van der Waals surface area contributed by atoms with Crippen LogP contribution in [0.5, 0.6) is 17.2 Å². The summed E-state index contributed by atoms with van der Waals surface area (Å²) in [4.78, 5) is 19.5. The molecular formula is C21H20N2O4. The highest BCUT2D eigenvalue weighted by Gasteiger charge is 2.23. The van der Waals surface area contributed by atoms with Gasteiger partial charge in [-0.1, -0.05) is 24.3 Å². The monoisotopic (exact) mass is 364 g/mol. The van der Waals surface area contributed by atoms with E-state index in [1.807, 2.05) is 30.3 Å². The molecule has 1 aliphatic carbocycles. The van der Waals surface area contributed by atoms with Gasteiger partial charge < -0.3 is 19.2 Å². The highest BCUT2D eigenvalue weighted by molar-refractivity contribution is 5.78. The lowest BCUT2D eigenvalue weighted by Gasteiger charge is -2.22. The summed E-state index contributed by atoms with van der Waals surface area (Å²) >= 11 is 0. The van der Waals surface area contributed by atoms with Gasteiger partial charge >= 0.3 is 5.69 Å². The van der Waals surface area contributed by atoms with Gasteiger partial charge in [-0.2, -0.15) is 4.98 Å². The number of benzene rings is 2. The molecule has 1 N–H and O–H groups in total. The predicted molar refractivity (Wildman–Crippen MR) is 103 cm³/mol. The minimum atomic E-state index is -0.380. The van der Waals surface area contributed by atoms with Crippen molar-refractivity contribution in [1.82, 2.24) is 9.97 Å². The number of aromatic nitrogens is 2. The minimum Gasteiger partial charge on any atom is -0.493 e. The highest BCUT2D eigenvalue weighted by atomic mass is 16.5. The zero-order chi connectivity index (χ0) is 19.0. The van der Waals surface area contributed by atoms with Crippen LogP contribution in [-0.2, 0) is 12.8 Å². The second kappa shape index (κ2) is 6.79. The van der Waals surface area contributed by atoms with Crippen LogP contribution in [0, 0.1) is 0 Å². The number of nitrogens with zero attached hydrogens (tertiary/aromatic N) is 1. The van der Waals surface area contributed by atoms with Gasteiger partial charge in [0.2, 0.25) is 5.75 Å². The number of hydrogen-bond acceptors (Lipinski definition) is 5. The van der Waals surface area contributed by atoms with Crippen molar-refractivity contribution in [3.8, 4) is 39.8 Å². The Morgan fingerprint density at radius 3 is 2.33 bits per heavy atom. The molecule has 6 nitrogen and oxygen atoms in total. The molecule has 0 atom stereocenters. The molecule has 1 aromatic heterocycles. The fourth-order valence-corrected chi connectivity index (χ4v) is 3.67. The smallest absolute Gasteiger partial charge is 0.345 e. The first kappa shape index (κ1) is 17.1. The molecule has 0 bridgehead atoms. The zero-order valence-corrected chi connectivity index (χ0v) is 15.5. The number of hydrogen-bond donors (Lipinski definition) is 1. The second-order valence-corrected chi connectivity index (χ2v) is 6.32. The van der Waals surface area contributed by atoms with Crippen molar-refractivity contribution in [3.05, 3.63) is 58.0 Å². The Labute approximate surface area is 156 Å². The van der Waals surface area contributed by atoms with E-state index in [0.717, 1.165) is 35.2 Å². The predicted octanol–water partition coefficient (Wildman–Crippen LogP) is 3.23. The number of fused-ring (bicyclic) bond motifs is 3. The number of rotatable bonds is 4. The van der Waals surface area contributed by atoms with Crippen molar-refractivity contribution in [3.63, 3.8) is 0 Å². The van der Waals surface area contributed by atoms with Crippen LogP contribution < -0.4 is 19.9 Å². The van der Waals surface area contributed by atoms with Crippen LogP contribution in [0.25, 0.3) is 22.5 Å². The molecular weight excluding hydrogens is 344 g/mol. The first-order chi connectivity index (χ1) is 13.2. The van der Waals surface area contributed by atoms with E-state index >= 15 is 0 Å². The summed E-state index contributed by atoms with van der Waals surface area (Å²) in [5.41, 5.74) is 5.14. The van der Waals surface area contributed by atoms with Crippen LogP contribution in [-0.4, -0.2) is 31.3 Å². The molecule has 0 spiro atoms. The van der Waals surface area contributed by atoms with Crippen LogP contribution in [0.4, 0.5) is 0 Å². The topological polar surface area (TPSA) is 73.4 Å². The highest BCUT2D eigenvalue weighted by Crippen LogP contribution is 2.43. The summed E-state index contributed by atoms with van der Waals surface area (Å²) in [6, 6.07) is 11.8. The Kier molecular flexibility index (Phi) is 4.32. The molecule has 2 aromatic carbocycles. The summed E-state index contributed by atoms with van der Waals surface area (Å²) in [7, 11) is 4.69. The standard InChI is InChI=1S/C21H20N2O4/c1-25-16-10-13(11-17(26-2)20(16)27-3)18-15-9-8-12-6-4-5-7-14(12)19(15)23-21(24)22-18/h4-7,10-11H,8-9H2,1-3H3,(H,22,23,24). The Hall–Kier alpha value is -3.28. The minimum absolute atomic E-state index is 0.380. The van der Waals surface area contributed by atoms with E-state index in [-0.39, 0.29) is 5.69 Å². The fraction of sp³-hybridized carbons (Fsp3) is 0.238. The van der Waals surface area contributed by atoms with Crippen molar-refractivity contribution in [2.75, 3.05) is 21.3 Å². The Balaban J connectivity index is 1.97. The number of nitrogens with one attached hydrogen (secondary N) is 1. The van der Waals surface area contributed by atoms with E-state index in [1.165, 1.54) is 5.56 Å². The van der Waals surface area contributed by atoms with Gasteiger partial charge in [0.1, 0.15) is 0 Å². The SMILES string of the molecule is COc1cc(-c2nc(=O)[nH]c3c2CCc2ccccc2-3)cc(OC)c1OC. The zero-order valence-electron chi connectivity index (χ0n) is 15.5. The molecule has 27 heavy (non-hydrogen) atoms. The third kappa shape index (κ3) is 2.83. The Bertz CT molecular complexity index is 1050. The molecule has 0 fully saturated rings. The molecule has 0 unspecified atom stereocenters. The Morgan fingerprint density at radius 2 is 1.67 bits per heavy atom. The number of methoxy groups -OCH3 is 3. The number of aryl methyl sites for hydroxylation is 1. The average Bonchev–Trinajstić information content (AvgIpc) is 2.71. The molecule has 0 saturated carbocycles. The number of aromatic amines is 1. The van der Waals surface area contributed by atoms with Gasteiger partial charge in [-0.3, -0.25) is 0 Å². The average molecular weight is 364 g/mol. The van der Waals surface area contributed by atoms with Crippen LogP contribution in [0.2, 0.25) is 0 Å². The lowest BCUT2D eigenvalue weighted by molar-refractivity contribution is 0.324. The molecule has 1 heterocycles. The van der Waals surface area contributed by atoms with Crippen molar-refractivity contribution in [2.24, 2.45) is 0 Å². The van der Waals surface area contributed by atoms with Gasteiger partial charge in [0.15, 0.2) is 11.5 Å². The van der Waals surface area contributed by atoms with Crippen molar-refractivity contribution < 1.29 is 14.2 Å². The van der Waals surface area contributed by atoms with Gasteiger partial charge in [-0.15, -0.1) is 0 Å². The molecule has 6 heteroatoms. The molecule has 0 aliphatic heterocycles. The summed E-state index contributed by atoms with van der Waals surface area (Å²) < 4.78 is 16.3. The van der Waals surface area contributed by atoms with Crippen LogP contribution in [0.1, 0.15) is 11.1 Å². The third-order valence-corrected chi connectivity index (χ3v) is 4.90. The van der Waals surface area contributed by atoms with Crippen LogP contribution in [0.15, 0.2) is 41.2 Å². The van der Waals surface area contributed by atoms with E-state index < -0.39 is 0 Å². The van der Waals surface area contributed by atoms with E-state index in [2.05, 4.69) is 16.0 Å². The number of ether oxygens (including phenoxy) is 3. The largest absolute Gasteiger partial charge is 0.493 e.